The number of benzene rings is 3. The van der Waals surface area contributed by atoms with Crippen molar-refractivity contribution in [2.75, 3.05) is 21.3 Å². The summed E-state index contributed by atoms with van der Waals surface area (Å²) in [7, 11) is 4.85. The van der Waals surface area contributed by atoms with Gasteiger partial charge in [-0.25, -0.2) is 0 Å². The molecule has 0 aromatic heterocycles. The zero-order chi connectivity index (χ0) is 22.8. The van der Waals surface area contributed by atoms with Gasteiger partial charge in [-0.05, 0) is 29.7 Å². The largest absolute Gasteiger partial charge is 0.496 e. The van der Waals surface area contributed by atoms with E-state index in [0.29, 0.717) is 35.0 Å². The maximum Gasteiger partial charge on any atom is 0.154 e. The molecule has 0 saturated carbocycles. The van der Waals surface area contributed by atoms with Crippen molar-refractivity contribution in [3.05, 3.63) is 94.1 Å². The standard InChI is InChI=1S/C27H26O5/c1-16-19-12-9-13-21(29-3)23(19)27(31-5)24-22(16)25(30-4)17(2)20(14-28)26(24)32-15-18-10-7-6-8-11-18/h6-14,27H,1,15H2,2-5H3/t27-/m0/s1. The molecule has 0 bridgehead atoms. The van der Waals surface area contributed by atoms with Gasteiger partial charge < -0.3 is 18.9 Å². The van der Waals surface area contributed by atoms with Crippen LogP contribution in [-0.4, -0.2) is 27.6 Å². The second-order valence-electron chi connectivity index (χ2n) is 7.60. The lowest BCUT2D eigenvalue weighted by molar-refractivity contribution is 0.111. The molecule has 0 saturated heterocycles. The molecule has 1 aliphatic rings. The van der Waals surface area contributed by atoms with Gasteiger partial charge in [-0.3, -0.25) is 4.79 Å². The lowest BCUT2D eigenvalue weighted by Gasteiger charge is -2.34. The van der Waals surface area contributed by atoms with Crippen LogP contribution in [0.25, 0.3) is 5.57 Å². The van der Waals surface area contributed by atoms with E-state index in [0.717, 1.165) is 39.7 Å². The Morgan fingerprint density at radius 2 is 1.69 bits per heavy atom. The lowest BCUT2D eigenvalue weighted by Crippen LogP contribution is -2.20. The van der Waals surface area contributed by atoms with Gasteiger partial charge in [0.15, 0.2) is 6.29 Å². The fourth-order valence-electron chi connectivity index (χ4n) is 4.46. The zero-order valence-corrected chi connectivity index (χ0v) is 18.7. The van der Waals surface area contributed by atoms with E-state index in [9.17, 15) is 4.79 Å². The minimum atomic E-state index is -0.527. The Morgan fingerprint density at radius 1 is 0.938 bits per heavy atom. The summed E-state index contributed by atoms with van der Waals surface area (Å²) in [6.45, 7) is 6.53. The lowest BCUT2D eigenvalue weighted by atomic mass is 9.77. The Kier molecular flexibility index (Phi) is 6.01. The number of carbonyl (C=O) groups is 1. The van der Waals surface area contributed by atoms with Crippen LogP contribution in [0.2, 0.25) is 0 Å². The van der Waals surface area contributed by atoms with Crippen molar-refractivity contribution >= 4 is 11.9 Å². The van der Waals surface area contributed by atoms with E-state index in [-0.39, 0.29) is 0 Å². The van der Waals surface area contributed by atoms with Gasteiger partial charge in [-0.2, -0.15) is 0 Å². The van der Waals surface area contributed by atoms with Gasteiger partial charge in [0.2, 0.25) is 0 Å². The number of hydrogen-bond acceptors (Lipinski definition) is 5. The van der Waals surface area contributed by atoms with Crippen LogP contribution in [0.3, 0.4) is 0 Å². The first-order chi connectivity index (χ1) is 15.6. The van der Waals surface area contributed by atoms with Gasteiger partial charge in [0.05, 0.1) is 19.8 Å². The van der Waals surface area contributed by atoms with Crippen molar-refractivity contribution in [3.8, 4) is 17.2 Å². The number of carbonyl (C=O) groups excluding carboxylic acids is 1. The molecule has 1 aliphatic carbocycles. The molecular weight excluding hydrogens is 404 g/mol. The molecule has 4 rings (SSSR count). The quantitative estimate of drug-likeness (QED) is 0.462. The summed E-state index contributed by atoms with van der Waals surface area (Å²) in [6, 6.07) is 15.6. The molecule has 0 spiro atoms. The minimum absolute atomic E-state index is 0.307. The van der Waals surface area contributed by atoms with Crippen LogP contribution in [0.5, 0.6) is 17.2 Å². The summed E-state index contributed by atoms with van der Waals surface area (Å²) in [5.41, 5.74) is 6.16. The Bertz CT molecular complexity index is 1180. The van der Waals surface area contributed by atoms with Gasteiger partial charge in [0.1, 0.15) is 30.0 Å². The monoisotopic (exact) mass is 430 g/mol. The van der Waals surface area contributed by atoms with Crippen molar-refractivity contribution in [1.82, 2.24) is 0 Å². The van der Waals surface area contributed by atoms with E-state index in [1.54, 1.807) is 21.3 Å². The number of rotatable bonds is 7. The second-order valence-corrected chi connectivity index (χ2v) is 7.60. The SMILES string of the molecule is C=C1c2cccc(OC)c2[C@H](OC)c2c(OCc3ccccc3)c(C=O)c(C)c(OC)c21. The Hall–Kier alpha value is -3.57. The Balaban J connectivity index is 2.00. The summed E-state index contributed by atoms with van der Waals surface area (Å²) < 4.78 is 23.7. The van der Waals surface area contributed by atoms with Crippen LogP contribution < -0.4 is 14.2 Å². The molecule has 32 heavy (non-hydrogen) atoms. The van der Waals surface area contributed by atoms with Gasteiger partial charge in [0.25, 0.3) is 0 Å². The molecule has 0 aliphatic heterocycles. The van der Waals surface area contributed by atoms with Gasteiger partial charge in [0, 0.05) is 29.4 Å². The zero-order valence-electron chi connectivity index (χ0n) is 18.7. The summed E-state index contributed by atoms with van der Waals surface area (Å²) in [5, 5.41) is 0. The number of hydrogen-bond donors (Lipinski definition) is 0. The van der Waals surface area contributed by atoms with Crippen molar-refractivity contribution in [3.63, 3.8) is 0 Å². The van der Waals surface area contributed by atoms with Crippen LogP contribution >= 0.6 is 0 Å². The van der Waals surface area contributed by atoms with Crippen LogP contribution in [0, 0.1) is 6.92 Å². The fraction of sp³-hybridized carbons (Fsp3) is 0.222. The van der Waals surface area contributed by atoms with E-state index in [4.69, 9.17) is 18.9 Å². The van der Waals surface area contributed by atoms with Gasteiger partial charge in [-0.1, -0.05) is 49.0 Å². The molecule has 0 N–H and O–H groups in total. The topological polar surface area (TPSA) is 54.0 Å². The van der Waals surface area contributed by atoms with E-state index in [1.807, 2.05) is 55.5 Å². The highest BCUT2D eigenvalue weighted by atomic mass is 16.5. The average molecular weight is 431 g/mol. The fourth-order valence-corrected chi connectivity index (χ4v) is 4.46. The van der Waals surface area contributed by atoms with Crippen LogP contribution in [0.1, 0.15) is 49.8 Å². The Morgan fingerprint density at radius 3 is 2.31 bits per heavy atom. The molecule has 164 valence electrons. The molecule has 3 aromatic rings. The van der Waals surface area contributed by atoms with E-state index in [1.165, 1.54) is 0 Å². The molecule has 5 heteroatoms. The molecular formula is C27H26O5. The van der Waals surface area contributed by atoms with Crippen molar-refractivity contribution in [2.24, 2.45) is 0 Å². The predicted octanol–water partition coefficient (Wildman–Crippen LogP) is 5.51. The number of fused-ring (bicyclic) bond motifs is 2. The van der Waals surface area contributed by atoms with Gasteiger partial charge >= 0.3 is 0 Å². The molecule has 0 radical (unpaired) electrons. The summed E-state index contributed by atoms with van der Waals surface area (Å²) in [5.74, 6) is 1.75. The highest BCUT2D eigenvalue weighted by Gasteiger charge is 2.38. The summed E-state index contributed by atoms with van der Waals surface area (Å²) in [4.78, 5) is 12.2. The van der Waals surface area contributed by atoms with E-state index < -0.39 is 6.10 Å². The highest BCUT2D eigenvalue weighted by Crippen LogP contribution is 2.54. The van der Waals surface area contributed by atoms with Crippen molar-refractivity contribution in [2.45, 2.75) is 19.6 Å². The first kappa shape index (κ1) is 21.7. The van der Waals surface area contributed by atoms with Crippen molar-refractivity contribution in [1.29, 1.82) is 0 Å². The third-order valence-corrected chi connectivity index (χ3v) is 5.95. The third kappa shape index (κ3) is 3.35. The maximum atomic E-state index is 12.2. The van der Waals surface area contributed by atoms with Crippen molar-refractivity contribution < 1.29 is 23.7 Å². The van der Waals surface area contributed by atoms with Gasteiger partial charge in [-0.15, -0.1) is 0 Å². The molecule has 5 nitrogen and oxygen atoms in total. The average Bonchev–Trinajstić information content (AvgIpc) is 2.83. The predicted molar refractivity (Wildman–Crippen MR) is 124 cm³/mol. The first-order valence-corrected chi connectivity index (χ1v) is 10.3. The second kappa shape index (κ2) is 8.89. The summed E-state index contributed by atoms with van der Waals surface area (Å²) >= 11 is 0. The summed E-state index contributed by atoms with van der Waals surface area (Å²) in [6.07, 6.45) is 0.284. The first-order valence-electron chi connectivity index (χ1n) is 10.3. The van der Waals surface area contributed by atoms with Crippen LogP contribution in [0.15, 0.2) is 55.1 Å². The van der Waals surface area contributed by atoms with E-state index >= 15 is 0 Å². The molecule has 0 heterocycles. The molecule has 3 aromatic carbocycles. The minimum Gasteiger partial charge on any atom is -0.496 e. The smallest absolute Gasteiger partial charge is 0.154 e. The number of ether oxygens (including phenoxy) is 4. The maximum absolute atomic E-state index is 12.2. The number of methoxy groups -OCH3 is 3. The Labute approximate surface area is 188 Å². The highest BCUT2D eigenvalue weighted by molar-refractivity contribution is 5.95. The van der Waals surface area contributed by atoms with E-state index in [2.05, 4.69) is 6.58 Å². The number of aldehydes is 1. The van der Waals surface area contributed by atoms with Crippen LogP contribution in [0.4, 0.5) is 0 Å². The normalized spacial score (nSPS) is 14.4. The molecule has 0 unspecified atom stereocenters. The third-order valence-electron chi connectivity index (χ3n) is 5.95. The molecule has 0 fully saturated rings. The molecule has 1 atom stereocenters. The van der Waals surface area contributed by atoms with Crippen LogP contribution in [-0.2, 0) is 11.3 Å². The molecule has 0 amide bonds.